The maximum Gasteiger partial charge on any atom is 0.137 e. The van der Waals surface area contributed by atoms with Gasteiger partial charge in [0, 0.05) is 15.8 Å². The molecule has 1 unspecified atom stereocenters. The van der Waals surface area contributed by atoms with Gasteiger partial charge in [-0.2, -0.15) is 0 Å². The van der Waals surface area contributed by atoms with Crippen LogP contribution >= 0.6 is 11.8 Å². The fraction of sp³-hybridized carbons (Fsp3) is 0.333. The minimum atomic E-state index is -0.160. The first-order valence-corrected chi connectivity index (χ1v) is 8.32. The van der Waals surface area contributed by atoms with E-state index in [-0.39, 0.29) is 5.82 Å². The lowest BCUT2D eigenvalue weighted by Gasteiger charge is -2.20. The van der Waals surface area contributed by atoms with Gasteiger partial charge in [0.05, 0.1) is 0 Å². The molecule has 0 bridgehead atoms. The summed E-state index contributed by atoms with van der Waals surface area (Å²) in [6, 6.07) is 15.5. The summed E-state index contributed by atoms with van der Waals surface area (Å²) in [4.78, 5) is 1.80. The molecule has 1 N–H and O–H groups in total. The molecule has 2 rings (SSSR count). The number of rotatable bonds is 7. The fourth-order valence-electron chi connectivity index (χ4n) is 2.30. The first kappa shape index (κ1) is 16.1. The number of halogens is 1. The van der Waals surface area contributed by atoms with Crippen LogP contribution in [0.2, 0.25) is 0 Å². The van der Waals surface area contributed by atoms with E-state index in [1.165, 1.54) is 23.4 Å². The van der Waals surface area contributed by atoms with Crippen LogP contribution in [-0.4, -0.2) is 6.54 Å². The second kappa shape index (κ2) is 8.20. The van der Waals surface area contributed by atoms with Crippen molar-refractivity contribution in [3.8, 4) is 0 Å². The molecule has 21 heavy (non-hydrogen) atoms. The molecule has 1 nitrogen and oxygen atoms in total. The van der Waals surface area contributed by atoms with Gasteiger partial charge in [-0.1, -0.05) is 55.9 Å². The Morgan fingerprint density at radius 3 is 2.33 bits per heavy atom. The van der Waals surface area contributed by atoms with E-state index in [4.69, 9.17) is 0 Å². The minimum absolute atomic E-state index is 0.160. The smallest absolute Gasteiger partial charge is 0.137 e. The minimum Gasteiger partial charge on any atom is -0.310 e. The average Bonchev–Trinajstić information content (AvgIpc) is 2.52. The lowest BCUT2D eigenvalue weighted by molar-refractivity contribution is 0.512. The molecule has 3 heteroatoms. The number of benzene rings is 2. The summed E-state index contributed by atoms with van der Waals surface area (Å²) in [5.74, 6) is -0.160. The third kappa shape index (κ3) is 4.32. The molecular weight excluding hydrogens is 281 g/mol. The summed E-state index contributed by atoms with van der Waals surface area (Å²) in [5, 5.41) is 3.57. The van der Waals surface area contributed by atoms with Gasteiger partial charge in [0.1, 0.15) is 5.82 Å². The number of hydrogen-bond donors (Lipinski definition) is 1. The molecule has 0 aliphatic carbocycles. The van der Waals surface area contributed by atoms with Crippen molar-refractivity contribution >= 4 is 11.8 Å². The van der Waals surface area contributed by atoms with Crippen molar-refractivity contribution in [1.29, 1.82) is 0 Å². The van der Waals surface area contributed by atoms with Crippen LogP contribution in [0.4, 0.5) is 4.39 Å². The van der Waals surface area contributed by atoms with Crippen LogP contribution in [0, 0.1) is 5.82 Å². The lowest BCUT2D eigenvalue weighted by Crippen LogP contribution is -2.21. The van der Waals surface area contributed by atoms with Gasteiger partial charge in [0.15, 0.2) is 0 Å². The van der Waals surface area contributed by atoms with E-state index >= 15 is 0 Å². The molecule has 0 aliphatic heterocycles. The molecule has 0 aliphatic rings. The second-order valence-corrected chi connectivity index (χ2v) is 6.07. The van der Waals surface area contributed by atoms with Gasteiger partial charge in [-0.3, -0.25) is 0 Å². The second-order valence-electron chi connectivity index (χ2n) is 4.99. The summed E-state index contributed by atoms with van der Waals surface area (Å²) >= 11 is 1.50. The zero-order chi connectivity index (χ0) is 15.1. The Morgan fingerprint density at radius 1 is 1.00 bits per heavy atom. The third-order valence-electron chi connectivity index (χ3n) is 3.40. The van der Waals surface area contributed by atoms with Crippen molar-refractivity contribution in [2.75, 3.05) is 6.54 Å². The molecule has 0 heterocycles. The summed E-state index contributed by atoms with van der Waals surface area (Å²) in [7, 11) is 0. The summed E-state index contributed by atoms with van der Waals surface area (Å²) in [5.41, 5.74) is 1.25. The van der Waals surface area contributed by atoms with Gasteiger partial charge < -0.3 is 5.32 Å². The predicted octanol–water partition coefficient (Wildman–Crippen LogP) is 5.43. The zero-order valence-corrected chi connectivity index (χ0v) is 13.4. The number of nitrogens with one attached hydrogen (secondary N) is 1. The van der Waals surface area contributed by atoms with Crippen LogP contribution in [0.3, 0.4) is 0 Å². The summed E-state index contributed by atoms with van der Waals surface area (Å²) in [6.45, 7) is 5.34. The largest absolute Gasteiger partial charge is 0.310 e. The van der Waals surface area contributed by atoms with Gasteiger partial charge in [-0.25, -0.2) is 4.39 Å². The standard InChI is InChI=1S/C18H22FNS/c1-3-13-20-16(4-2)14-9-5-7-11-17(14)21-18-12-8-6-10-15(18)19/h5-12,16,20H,3-4,13H2,1-2H3. The Hall–Kier alpha value is -1.32. The maximum atomic E-state index is 13.9. The maximum absolute atomic E-state index is 13.9. The van der Waals surface area contributed by atoms with Gasteiger partial charge in [-0.15, -0.1) is 0 Å². The van der Waals surface area contributed by atoms with E-state index in [9.17, 15) is 4.39 Å². The highest BCUT2D eigenvalue weighted by Gasteiger charge is 2.14. The summed E-state index contributed by atoms with van der Waals surface area (Å²) in [6.07, 6.45) is 2.13. The van der Waals surface area contributed by atoms with E-state index < -0.39 is 0 Å². The van der Waals surface area contributed by atoms with Gasteiger partial charge in [-0.05, 0) is 43.1 Å². The van der Waals surface area contributed by atoms with Gasteiger partial charge in [0.2, 0.25) is 0 Å². The van der Waals surface area contributed by atoms with E-state index in [0.717, 1.165) is 24.3 Å². The normalized spacial score (nSPS) is 12.3. The SMILES string of the molecule is CCCNC(CC)c1ccccc1Sc1ccccc1F. The van der Waals surface area contributed by atoms with Crippen molar-refractivity contribution in [3.63, 3.8) is 0 Å². The van der Waals surface area contributed by atoms with Crippen molar-refractivity contribution in [2.24, 2.45) is 0 Å². The Kier molecular flexibility index (Phi) is 6.27. The molecule has 0 saturated carbocycles. The highest BCUT2D eigenvalue weighted by molar-refractivity contribution is 7.99. The van der Waals surface area contributed by atoms with Crippen LogP contribution in [0.5, 0.6) is 0 Å². The molecule has 2 aromatic rings. The van der Waals surface area contributed by atoms with Crippen molar-refractivity contribution in [3.05, 3.63) is 59.9 Å². The predicted molar refractivity (Wildman–Crippen MR) is 88.3 cm³/mol. The van der Waals surface area contributed by atoms with E-state index in [0.29, 0.717) is 10.9 Å². The monoisotopic (exact) mass is 303 g/mol. The molecular formula is C18H22FNS. The Balaban J connectivity index is 2.26. The molecule has 112 valence electrons. The molecule has 0 spiro atoms. The first-order chi connectivity index (χ1) is 10.3. The topological polar surface area (TPSA) is 12.0 Å². The molecule has 0 radical (unpaired) electrons. The molecule has 1 atom stereocenters. The van der Waals surface area contributed by atoms with Gasteiger partial charge >= 0.3 is 0 Å². The third-order valence-corrected chi connectivity index (χ3v) is 4.54. The van der Waals surface area contributed by atoms with Crippen molar-refractivity contribution in [1.82, 2.24) is 5.32 Å². The Labute approximate surface area is 131 Å². The van der Waals surface area contributed by atoms with Crippen molar-refractivity contribution in [2.45, 2.75) is 42.5 Å². The molecule has 2 aromatic carbocycles. The van der Waals surface area contributed by atoms with Crippen LogP contribution < -0.4 is 5.32 Å². The van der Waals surface area contributed by atoms with E-state index in [2.05, 4.69) is 37.4 Å². The molecule has 0 saturated heterocycles. The van der Waals surface area contributed by atoms with Crippen LogP contribution in [0.1, 0.15) is 38.3 Å². The van der Waals surface area contributed by atoms with Crippen LogP contribution in [-0.2, 0) is 0 Å². The fourth-order valence-corrected chi connectivity index (χ4v) is 3.32. The summed E-state index contributed by atoms with van der Waals surface area (Å²) < 4.78 is 13.9. The quantitative estimate of drug-likeness (QED) is 0.732. The molecule has 0 fully saturated rings. The van der Waals surface area contributed by atoms with E-state index in [1.807, 2.05) is 18.2 Å². The highest BCUT2D eigenvalue weighted by atomic mass is 32.2. The Bertz CT molecular complexity index is 571. The first-order valence-electron chi connectivity index (χ1n) is 7.51. The zero-order valence-electron chi connectivity index (χ0n) is 12.6. The van der Waals surface area contributed by atoms with Crippen molar-refractivity contribution < 1.29 is 4.39 Å². The number of hydrogen-bond acceptors (Lipinski definition) is 2. The van der Waals surface area contributed by atoms with Crippen LogP contribution in [0.15, 0.2) is 58.3 Å². The molecule has 0 aromatic heterocycles. The van der Waals surface area contributed by atoms with Crippen LogP contribution in [0.25, 0.3) is 0 Å². The molecule has 0 amide bonds. The lowest BCUT2D eigenvalue weighted by atomic mass is 10.0. The Morgan fingerprint density at radius 2 is 1.67 bits per heavy atom. The van der Waals surface area contributed by atoms with E-state index in [1.54, 1.807) is 6.07 Å². The highest BCUT2D eigenvalue weighted by Crippen LogP contribution is 2.35. The average molecular weight is 303 g/mol. The van der Waals surface area contributed by atoms with Gasteiger partial charge in [0.25, 0.3) is 0 Å².